The van der Waals surface area contributed by atoms with Gasteiger partial charge in [-0.1, -0.05) is 23.7 Å². The van der Waals surface area contributed by atoms with Crippen molar-refractivity contribution in [2.24, 2.45) is 0 Å². The van der Waals surface area contributed by atoms with Gasteiger partial charge in [0.05, 0.1) is 17.0 Å². The number of benzene rings is 1. The molecule has 0 spiro atoms. The summed E-state index contributed by atoms with van der Waals surface area (Å²) in [5.74, 6) is 1.04. The summed E-state index contributed by atoms with van der Waals surface area (Å²) in [4.78, 5) is 0. The van der Waals surface area contributed by atoms with Gasteiger partial charge in [0.1, 0.15) is 12.4 Å². The van der Waals surface area contributed by atoms with Crippen molar-refractivity contribution in [3.63, 3.8) is 0 Å². The van der Waals surface area contributed by atoms with Crippen LogP contribution in [0.5, 0.6) is 5.75 Å². The van der Waals surface area contributed by atoms with Gasteiger partial charge in [0.2, 0.25) is 0 Å². The number of para-hydroxylation sites is 1. The average Bonchev–Trinajstić information content (AvgIpc) is 2.26. The van der Waals surface area contributed by atoms with Gasteiger partial charge in [-0.2, -0.15) is 0 Å². The molecule has 1 rings (SSSR count). The molecule has 2 nitrogen and oxygen atoms in total. The molecule has 0 aromatic heterocycles. The number of halogens is 2. The first kappa shape index (κ1) is 12.6. The summed E-state index contributed by atoms with van der Waals surface area (Å²) in [7, 11) is 1.64. The molecule has 4 heteroatoms. The second kappa shape index (κ2) is 6.21. The zero-order valence-corrected chi connectivity index (χ0v) is 10.3. The van der Waals surface area contributed by atoms with E-state index in [1.54, 1.807) is 13.2 Å². The zero-order valence-electron chi connectivity index (χ0n) is 8.80. The van der Waals surface area contributed by atoms with Gasteiger partial charge in [0.15, 0.2) is 0 Å². The van der Waals surface area contributed by atoms with Gasteiger partial charge in [-0.15, -0.1) is 11.6 Å². The molecule has 0 amide bonds. The molecule has 1 unspecified atom stereocenters. The predicted octanol–water partition coefficient (Wildman–Crippen LogP) is 3.49. The quantitative estimate of drug-likeness (QED) is 0.743. The third-order valence-corrected chi connectivity index (χ3v) is 2.64. The summed E-state index contributed by atoms with van der Waals surface area (Å²) in [6.45, 7) is 2.39. The van der Waals surface area contributed by atoms with Gasteiger partial charge in [-0.05, 0) is 13.0 Å². The van der Waals surface area contributed by atoms with Crippen molar-refractivity contribution >= 4 is 23.2 Å². The Morgan fingerprint density at radius 2 is 2.13 bits per heavy atom. The van der Waals surface area contributed by atoms with E-state index in [4.69, 9.17) is 32.7 Å². The molecule has 1 aromatic rings. The van der Waals surface area contributed by atoms with E-state index in [9.17, 15) is 0 Å². The molecule has 15 heavy (non-hydrogen) atoms. The van der Waals surface area contributed by atoms with Crippen molar-refractivity contribution in [1.82, 2.24) is 0 Å². The molecular formula is C11H14Cl2O2. The highest BCUT2D eigenvalue weighted by Crippen LogP contribution is 2.29. The fourth-order valence-corrected chi connectivity index (χ4v) is 1.55. The Hall–Kier alpha value is -0.440. The lowest BCUT2D eigenvalue weighted by Gasteiger charge is -2.14. The molecule has 0 saturated heterocycles. The van der Waals surface area contributed by atoms with E-state index in [-0.39, 0.29) is 6.10 Å². The minimum absolute atomic E-state index is 0.0319. The Kier molecular flexibility index (Phi) is 5.23. The van der Waals surface area contributed by atoms with Crippen LogP contribution in [0.4, 0.5) is 0 Å². The molecule has 84 valence electrons. The summed E-state index contributed by atoms with van der Waals surface area (Å²) in [5.41, 5.74) is 0.896. The summed E-state index contributed by atoms with van der Waals surface area (Å²) >= 11 is 11.8. The second-order valence-corrected chi connectivity index (χ2v) is 3.89. The minimum atomic E-state index is 0.0319. The van der Waals surface area contributed by atoms with Crippen LogP contribution in [0, 0.1) is 0 Å². The van der Waals surface area contributed by atoms with Gasteiger partial charge in [-0.3, -0.25) is 0 Å². The first-order valence-corrected chi connectivity index (χ1v) is 5.59. The summed E-state index contributed by atoms with van der Waals surface area (Å²) in [5, 5.41) is 0.580. The van der Waals surface area contributed by atoms with E-state index in [1.165, 1.54) is 0 Å². The van der Waals surface area contributed by atoms with Crippen molar-refractivity contribution in [3.05, 3.63) is 28.8 Å². The number of rotatable bonds is 5. The molecule has 0 aliphatic heterocycles. The maximum Gasteiger partial charge on any atom is 0.142 e. The Balaban J connectivity index is 2.74. The Labute approximate surface area is 100 Å². The van der Waals surface area contributed by atoms with E-state index in [0.717, 1.165) is 5.56 Å². The van der Waals surface area contributed by atoms with Gasteiger partial charge >= 0.3 is 0 Å². The highest BCUT2D eigenvalue weighted by atomic mass is 35.5. The number of hydrogen-bond donors (Lipinski definition) is 0. The monoisotopic (exact) mass is 248 g/mol. The normalized spacial score (nSPS) is 12.5. The molecule has 0 heterocycles. The largest absolute Gasteiger partial charge is 0.489 e. The molecule has 0 saturated carbocycles. The van der Waals surface area contributed by atoms with Gasteiger partial charge in [0.25, 0.3) is 0 Å². The zero-order chi connectivity index (χ0) is 11.3. The average molecular weight is 249 g/mol. The van der Waals surface area contributed by atoms with E-state index in [1.807, 2.05) is 19.1 Å². The Morgan fingerprint density at radius 1 is 1.40 bits per heavy atom. The van der Waals surface area contributed by atoms with E-state index in [2.05, 4.69) is 0 Å². The molecule has 0 fully saturated rings. The molecule has 0 aliphatic carbocycles. The smallest absolute Gasteiger partial charge is 0.142 e. The summed E-state index contributed by atoms with van der Waals surface area (Å²) in [6, 6.07) is 5.53. The summed E-state index contributed by atoms with van der Waals surface area (Å²) in [6.07, 6.45) is 0.0319. The third-order valence-electron chi connectivity index (χ3n) is 2.06. The molecular weight excluding hydrogens is 235 g/mol. The van der Waals surface area contributed by atoms with E-state index >= 15 is 0 Å². The minimum Gasteiger partial charge on any atom is -0.489 e. The van der Waals surface area contributed by atoms with Gasteiger partial charge in [-0.25, -0.2) is 0 Å². The molecule has 0 aliphatic rings. The molecule has 1 atom stereocenters. The van der Waals surface area contributed by atoms with Crippen molar-refractivity contribution in [2.45, 2.75) is 18.9 Å². The van der Waals surface area contributed by atoms with Crippen LogP contribution in [0.25, 0.3) is 0 Å². The van der Waals surface area contributed by atoms with Crippen LogP contribution >= 0.6 is 23.2 Å². The van der Waals surface area contributed by atoms with E-state index in [0.29, 0.717) is 23.3 Å². The number of methoxy groups -OCH3 is 1. The number of ether oxygens (including phenoxy) is 2. The highest BCUT2D eigenvalue weighted by molar-refractivity contribution is 6.32. The van der Waals surface area contributed by atoms with Crippen LogP contribution in [0.3, 0.4) is 0 Å². The topological polar surface area (TPSA) is 18.5 Å². The fraction of sp³-hybridized carbons (Fsp3) is 0.455. The van der Waals surface area contributed by atoms with E-state index < -0.39 is 0 Å². The first-order chi connectivity index (χ1) is 7.19. The van der Waals surface area contributed by atoms with Gasteiger partial charge < -0.3 is 9.47 Å². The van der Waals surface area contributed by atoms with Gasteiger partial charge in [0, 0.05) is 12.7 Å². The Bertz CT molecular complexity index is 315. The predicted molar refractivity (Wildman–Crippen MR) is 63.0 cm³/mol. The highest BCUT2D eigenvalue weighted by Gasteiger charge is 2.09. The lowest BCUT2D eigenvalue weighted by Crippen LogP contribution is -2.16. The fourth-order valence-electron chi connectivity index (χ4n) is 1.09. The lowest BCUT2D eigenvalue weighted by molar-refractivity contribution is 0.0714. The van der Waals surface area contributed by atoms with Crippen molar-refractivity contribution in [1.29, 1.82) is 0 Å². The number of alkyl halides is 1. The lowest BCUT2D eigenvalue weighted by atomic mass is 10.2. The van der Waals surface area contributed by atoms with Crippen LogP contribution in [0.2, 0.25) is 5.02 Å². The van der Waals surface area contributed by atoms with Crippen LogP contribution in [0.1, 0.15) is 12.5 Å². The molecule has 0 N–H and O–H groups in total. The van der Waals surface area contributed by atoms with Crippen LogP contribution in [0.15, 0.2) is 18.2 Å². The molecule has 0 radical (unpaired) electrons. The molecule has 0 bridgehead atoms. The third kappa shape index (κ3) is 3.56. The molecule has 1 aromatic carbocycles. The number of hydrogen-bond acceptors (Lipinski definition) is 2. The van der Waals surface area contributed by atoms with Crippen LogP contribution < -0.4 is 4.74 Å². The summed E-state index contributed by atoms with van der Waals surface area (Å²) < 4.78 is 10.7. The van der Waals surface area contributed by atoms with Crippen LogP contribution in [-0.4, -0.2) is 19.8 Å². The maximum atomic E-state index is 6.01. The van der Waals surface area contributed by atoms with Crippen molar-refractivity contribution in [2.75, 3.05) is 13.7 Å². The second-order valence-electron chi connectivity index (χ2n) is 3.22. The van der Waals surface area contributed by atoms with Crippen molar-refractivity contribution in [3.8, 4) is 5.75 Å². The maximum absolute atomic E-state index is 6.01. The van der Waals surface area contributed by atoms with Crippen molar-refractivity contribution < 1.29 is 9.47 Å². The Morgan fingerprint density at radius 3 is 2.73 bits per heavy atom. The first-order valence-electron chi connectivity index (χ1n) is 4.68. The van der Waals surface area contributed by atoms with Crippen LogP contribution in [-0.2, 0) is 10.6 Å². The standard InChI is InChI=1S/C11H14Cl2O2/c1-8(14-2)7-15-11-9(6-12)4-3-5-10(11)13/h3-5,8H,6-7H2,1-2H3. The SMILES string of the molecule is COC(C)COc1c(Cl)cccc1CCl.